The van der Waals surface area contributed by atoms with Crippen LogP contribution in [-0.2, 0) is 9.53 Å². The Kier molecular flexibility index (Phi) is 7.00. The Morgan fingerprint density at radius 2 is 1.54 bits per heavy atom. The molecule has 0 fully saturated rings. The van der Waals surface area contributed by atoms with E-state index in [2.05, 4.69) is 15.4 Å². The standard InChI is InChI=1S/C18H16Cl2N2O4/c1-26-16(23)6-7-21-17(24)11-2-4-15(5-3-11)22-18(25)12-8-13(19)10-14(20)9-12/h2-5,8-10H,6-7H2,1H3,(H,21,24)(H,22,25). The molecular formula is C18H16Cl2N2O4. The highest BCUT2D eigenvalue weighted by molar-refractivity contribution is 6.35. The first-order valence-electron chi connectivity index (χ1n) is 7.61. The van der Waals surface area contributed by atoms with Crippen LogP contribution in [0.2, 0.25) is 10.0 Å². The summed E-state index contributed by atoms with van der Waals surface area (Å²) in [6.07, 6.45) is 0.0958. The Hall–Kier alpha value is -2.57. The summed E-state index contributed by atoms with van der Waals surface area (Å²) in [7, 11) is 1.29. The van der Waals surface area contributed by atoms with Crippen molar-refractivity contribution >= 4 is 46.7 Å². The minimum absolute atomic E-state index is 0.0958. The second-order valence-corrected chi connectivity index (χ2v) is 6.14. The summed E-state index contributed by atoms with van der Waals surface area (Å²) in [4.78, 5) is 35.2. The second kappa shape index (κ2) is 9.22. The van der Waals surface area contributed by atoms with Crippen molar-refractivity contribution < 1.29 is 19.1 Å². The zero-order valence-electron chi connectivity index (χ0n) is 13.8. The van der Waals surface area contributed by atoms with Crippen LogP contribution >= 0.6 is 23.2 Å². The average Bonchev–Trinajstić information content (AvgIpc) is 2.61. The highest BCUT2D eigenvalue weighted by Gasteiger charge is 2.10. The monoisotopic (exact) mass is 394 g/mol. The van der Waals surface area contributed by atoms with Crippen molar-refractivity contribution in [2.75, 3.05) is 19.0 Å². The van der Waals surface area contributed by atoms with Gasteiger partial charge in [0.05, 0.1) is 13.5 Å². The van der Waals surface area contributed by atoms with Crippen molar-refractivity contribution in [3.8, 4) is 0 Å². The molecule has 0 unspecified atom stereocenters. The molecule has 0 spiro atoms. The third-order valence-electron chi connectivity index (χ3n) is 3.37. The molecule has 8 heteroatoms. The summed E-state index contributed by atoms with van der Waals surface area (Å²) in [6.45, 7) is 0.180. The van der Waals surface area contributed by atoms with E-state index in [0.717, 1.165) is 0 Å². The first kappa shape index (κ1) is 19.8. The Bertz CT molecular complexity index is 802. The van der Waals surface area contributed by atoms with E-state index >= 15 is 0 Å². The van der Waals surface area contributed by atoms with Crippen molar-refractivity contribution in [3.05, 3.63) is 63.6 Å². The van der Waals surface area contributed by atoms with Crippen LogP contribution < -0.4 is 10.6 Å². The van der Waals surface area contributed by atoms with Gasteiger partial charge in [0.1, 0.15) is 0 Å². The molecule has 0 saturated carbocycles. The lowest BCUT2D eigenvalue weighted by Crippen LogP contribution is -2.26. The normalized spacial score (nSPS) is 10.1. The number of benzene rings is 2. The molecule has 0 aliphatic rings. The molecule has 26 heavy (non-hydrogen) atoms. The van der Waals surface area contributed by atoms with Gasteiger partial charge >= 0.3 is 5.97 Å². The van der Waals surface area contributed by atoms with E-state index in [9.17, 15) is 14.4 Å². The first-order chi connectivity index (χ1) is 12.4. The van der Waals surface area contributed by atoms with Crippen LogP contribution in [0.4, 0.5) is 5.69 Å². The van der Waals surface area contributed by atoms with E-state index in [1.165, 1.54) is 25.3 Å². The number of esters is 1. The van der Waals surface area contributed by atoms with E-state index in [0.29, 0.717) is 26.9 Å². The van der Waals surface area contributed by atoms with Gasteiger partial charge in [-0.05, 0) is 42.5 Å². The summed E-state index contributed by atoms with van der Waals surface area (Å²) >= 11 is 11.8. The molecule has 2 N–H and O–H groups in total. The molecule has 2 rings (SSSR count). The molecule has 0 aliphatic carbocycles. The molecular weight excluding hydrogens is 379 g/mol. The van der Waals surface area contributed by atoms with Gasteiger partial charge in [0.2, 0.25) is 0 Å². The number of hydrogen-bond donors (Lipinski definition) is 2. The Morgan fingerprint density at radius 3 is 2.12 bits per heavy atom. The number of halogens is 2. The highest BCUT2D eigenvalue weighted by Crippen LogP contribution is 2.20. The number of nitrogens with one attached hydrogen (secondary N) is 2. The largest absolute Gasteiger partial charge is 0.469 e. The maximum absolute atomic E-state index is 12.2. The maximum Gasteiger partial charge on any atom is 0.307 e. The van der Waals surface area contributed by atoms with Crippen molar-refractivity contribution in [2.24, 2.45) is 0 Å². The van der Waals surface area contributed by atoms with Crippen molar-refractivity contribution in [1.29, 1.82) is 0 Å². The summed E-state index contributed by atoms with van der Waals surface area (Å²) in [6, 6.07) is 10.9. The molecule has 2 aromatic rings. The van der Waals surface area contributed by atoms with Crippen LogP contribution in [0.5, 0.6) is 0 Å². The fourth-order valence-electron chi connectivity index (χ4n) is 2.08. The number of ether oxygens (including phenoxy) is 1. The number of methoxy groups -OCH3 is 1. The van der Waals surface area contributed by atoms with Crippen LogP contribution in [0.15, 0.2) is 42.5 Å². The van der Waals surface area contributed by atoms with Gasteiger partial charge in [0.15, 0.2) is 0 Å². The quantitative estimate of drug-likeness (QED) is 0.733. The first-order valence-corrected chi connectivity index (χ1v) is 8.37. The zero-order chi connectivity index (χ0) is 19.1. The van der Waals surface area contributed by atoms with Crippen LogP contribution in [0.1, 0.15) is 27.1 Å². The molecule has 136 valence electrons. The van der Waals surface area contributed by atoms with Gasteiger partial charge < -0.3 is 15.4 Å². The Morgan fingerprint density at radius 1 is 0.923 bits per heavy atom. The maximum atomic E-state index is 12.2. The number of hydrogen-bond acceptors (Lipinski definition) is 4. The Labute approximate surface area is 160 Å². The van der Waals surface area contributed by atoms with Gasteiger partial charge in [-0.25, -0.2) is 0 Å². The lowest BCUT2D eigenvalue weighted by atomic mass is 10.1. The topological polar surface area (TPSA) is 84.5 Å². The molecule has 6 nitrogen and oxygen atoms in total. The smallest absolute Gasteiger partial charge is 0.307 e. The highest BCUT2D eigenvalue weighted by atomic mass is 35.5. The molecule has 0 aliphatic heterocycles. The number of amides is 2. The Balaban J connectivity index is 1.95. The predicted molar refractivity (Wildman–Crippen MR) is 99.8 cm³/mol. The average molecular weight is 395 g/mol. The van der Waals surface area contributed by atoms with Crippen LogP contribution in [0.25, 0.3) is 0 Å². The van der Waals surface area contributed by atoms with E-state index in [1.807, 2.05) is 0 Å². The molecule has 0 radical (unpaired) electrons. The predicted octanol–water partition coefficient (Wildman–Crippen LogP) is 3.54. The van der Waals surface area contributed by atoms with Gasteiger partial charge in [-0.2, -0.15) is 0 Å². The van der Waals surface area contributed by atoms with Gasteiger partial charge in [-0.15, -0.1) is 0 Å². The number of rotatable bonds is 6. The van der Waals surface area contributed by atoms with Crippen molar-refractivity contribution in [2.45, 2.75) is 6.42 Å². The van der Waals surface area contributed by atoms with Crippen molar-refractivity contribution in [1.82, 2.24) is 5.32 Å². The van der Waals surface area contributed by atoms with Gasteiger partial charge in [0, 0.05) is 33.4 Å². The molecule has 0 atom stereocenters. The van der Waals surface area contributed by atoms with E-state index in [4.69, 9.17) is 23.2 Å². The number of anilines is 1. The minimum Gasteiger partial charge on any atom is -0.469 e. The van der Waals surface area contributed by atoms with E-state index in [-0.39, 0.29) is 24.8 Å². The van der Waals surface area contributed by atoms with Gasteiger partial charge in [-0.1, -0.05) is 23.2 Å². The van der Waals surface area contributed by atoms with Crippen LogP contribution in [0.3, 0.4) is 0 Å². The lowest BCUT2D eigenvalue weighted by molar-refractivity contribution is -0.140. The van der Waals surface area contributed by atoms with Crippen LogP contribution in [0, 0.1) is 0 Å². The second-order valence-electron chi connectivity index (χ2n) is 5.27. The fourth-order valence-corrected chi connectivity index (χ4v) is 2.60. The van der Waals surface area contributed by atoms with E-state index in [1.54, 1.807) is 24.3 Å². The van der Waals surface area contributed by atoms with Gasteiger partial charge in [0.25, 0.3) is 11.8 Å². The molecule has 0 aromatic heterocycles. The molecule has 0 bridgehead atoms. The summed E-state index contributed by atoms with van der Waals surface area (Å²) < 4.78 is 4.49. The SMILES string of the molecule is COC(=O)CCNC(=O)c1ccc(NC(=O)c2cc(Cl)cc(Cl)c2)cc1. The minimum atomic E-state index is -0.399. The summed E-state index contributed by atoms with van der Waals surface area (Å²) in [5.41, 5.74) is 1.24. The molecule has 2 aromatic carbocycles. The molecule has 2 amide bonds. The molecule has 0 saturated heterocycles. The molecule has 0 heterocycles. The third kappa shape index (κ3) is 5.75. The van der Waals surface area contributed by atoms with E-state index < -0.39 is 5.97 Å². The third-order valence-corrected chi connectivity index (χ3v) is 3.81. The zero-order valence-corrected chi connectivity index (χ0v) is 15.4. The number of carbonyl (C=O) groups excluding carboxylic acids is 3. The van der Waals surface area contributed by atoms with Gasteiger partial charge in [-0.3, -0.25) is 14.4 Å². The summed E-state index contributed by atoms with van der Waals surface area (Å²) in [5, 5.41) is 6.03. The van der Waals surface area contributed by atoms with Crippen LogP contribution in [-0.4, -0.2) is 31.4 Å². The van der Waals surface area contributed by atoms with Crippen molar-refractivity contribution in [3.63, 3.8) is 0 Å². The summed E-state index contributed by atoms with van der Waals surface area (Å²) in [5.74, 6) is -1.09. The fraction of sp³-hybridized carbons (Fsp3) is 0.167. The number of carbonyl (C=O) groups is 3. The lowest BCUT2D eigenvalue weighted by Gasteiger charge is -2.08.